The molecule has 192 valence electrons. The van der Waals surface area contributed by atoms with Gasteiger partial charge in [0.1, 0.15) is 12.4 Å². The molecule has 8 nitrogen and oxygen atoms in total. The van der Waals surface area contributed by atoms with Gasteiger partial charge in [0.2, 0.25) is 5.91 Å². The summed E-state index contributed by atoms with van der Waals surface area (Å²) >= 11 is 9.81. The smallest absolute Gasteiger partial charge is 0.322 e. The van der Waals surface area contributed by atoms with Gasteiger partial charge < -0.3 is 20.3 Å². The van der Waals surface area contributed by atoms with E-state index in [-0.39, 0.29) is 23.9 Å². The van der Waals surface area contributed by atoms with Crippen LogP contribution in [0.5, 0.6) is 0 Å². The van der Waals surface area contributed by atoms with Gasteiger partial charge in [0.15, 0.2) is 0 Å². The summed E-state index contributed by atoms with van der Waals surface area (Å²) in [5.41, 5.74) is 1.83. The fraction of sp³-hybridized carbons (Fsp3) is 0.346. The molecule has 0 atom stereocenters. The number of hydrogen-bond donors (Lipinski definition) is 2. The second kappa shape index (κ2) is 12.4. The van der Waals surface area contributed by atoms with Gasteiger partial charge in [-0.05, 0) is 42.8 Å². The average molecular weight is 577 g/mol. The molecule has 0 aliphatic rings. The molecule has 1 heterocycles. The third kappa shape index (κ3) is 7.56. The van der Waals surface area contributed by atoms with Crippen LogP contribution in [0, 0.1) is 0 Å². The van der Waals surface area contributed by atoms with Crippen molar-refractivity contribution in [2.24, 2.45) is 0 Å². The maximum atomic E-state index is 13.1. The molecule has 0 bridgehead atoms. The van der Waals surface area contributed by atoms with Crippen LogP contribution >= 0.6 is 27.5 Å². The first-order chi connectivity index (χ1) is 17.1. The number of amides is 3. The monoisotopic (exact) mass is 575 g/mol. The highest BCUT2D eigenvalue weighted by Gasteiger charge is 2.24. The summed E-state index contributed by atoms with van der Waals surface area (Å²) in [6.07, 6.45) is 0.587. The number of hydrogen-bond acceptors (Lipinski definition) is 4. The number of rotatable bonds is 9. The van der Waals surface area contributed by atoms with E-state index in [0.29, 0.717) is 41.8 Å². The van der Waals surface area contributed by atoms with Gasteiger partial charge in [0.25, 0.3) is 0 Å². The van der Waals surface area contributed by atoms with Crippen LogP contribution in [-0.2, 0) is 14.9 Å². The molecule has 0 radical (unpaired) electrons. The zero-order valence-electron chi connectivity index (χ0n) is 20.8. The van der Waals surface area contributed by atoms with Crippen LogP contribution in [0.3, 0.4) is 0 Å². The van der Waals surface area contributed by atoms with Gasteiger partial charge in [-0.2, -0.15) is 5.10 Å². The third-order valence-electron chi connectivity index (χ3n) is 5.32. The Morgan fingerprint density at radius 2 is 1.81 bits per heavy atom. The van der Waals surface area contributed by atoms with Crippen molar-refractivity contribution in [2.75, 3.05) is 37.4 Å². The molecule has 2 aromatic carbocycles. The Morgan fingerprint density at radius 3 is 2.44 bits per heavy atom. The number of aromatic nitrogens is 2. The van der Waals surface area contributed by atoms with E-state index in [0.717, 1.165) is 10.2 Å². The molecule has 0 saturated carbocycles. The SMILES string of the molecule is COCCCN(CC(=O)Nc1cc(C(C)(C)C)nn1-c1ccccc1Cl)C(=O)Nc1ccc(Br)cc1. The number of nitrogens with zero attached hydrogens (tertiary/aromatic N) is 3. The molecule has 0 fully saturated rings. The average Bonchev–Trinajstić information content (AvgIpc) is 3.24. The lowest BCUT2D eigenvalue weighted by Crippen LogP contribution is -2.41. The quantitative estimate of drug-likeness (QED) is 0.302. The minimum Gasteiger partial charge on any atom is -0.385 e. The van der Waals surface area contributed by atoms with Crippen molar-refractivity contribution in [3.63, 3.8) is 0 Å². The van der Waals surface area contributed by atoms with Gasteiger partial charge in [0, 0.05) is 41.9 Å². The van der Waals surface area contributed by atoms with Crippen LogP contribution in [0.15, 0.2) is 59.1 Å². The number of ether oxygens (including phenoxy) is 1. The number of para-hydroxylation sites is 1. The standard InChI is InChI=1S/C26H31BrClN5O3/c1-26(2,3)22-16-23(33(31-22)21-9-6-5-8-20(21)28)30-24(34)17-32(14-7-15-36-4)25(35)29-19-12-10-18(27)11-13-19/h5-6,8-13,16H,7,14-15,17H2,1-4H3,(H,29,35)(H,30,34). The number of carbonyl (C=O) groups excluding carboxylic acids is 2. The molecule has 3 rings (SSSR count). The number of urea groups is 1. The highest BCUT2D eigenvalue weighted by atomic mass is 79.9. The molecule has 3 amide bonds. The molecular weight excluding hydrogens is 546 g/mol. The minimum absolute atomic E-state index is 0.148. The second-order valence-electron chi connectivity index (χ2n) is 9.28. The Bertz CT molecular complexity index is 1190. The number of methoxy groups -OCH3 is 1. The van der Waals surface area contributed by atoms with Gasteiger partial charge in [-0.3, -0.25) is 4.79 Å². The van der Waals surface area contributed by atoms with Crippen molar-refractivity contribution in [1.29, 1.82) is 0 Å². The Hall–Kier alpha value is -2.88. The normalized spacial score (nSPS) is 11.3. The molecule has 3 aromatic rings. The highest BCUT2D eigenvalue weighted by Crippen LogP contribution is 2.29. The lowest BCUT2D eigenvalue weighted by Gasteiger charge is -2.23. The van der Waals surface area contributed by atoms with Gasteiger partial charge in [-0.15, -0.1) is 0 Å². The van der Waals surface area contributed by atoms with E-state index >= 15 is 0 Å². The fourth-order valence-corrected chi connectivity index (χ4v) is 3.87. The number of anilines is 2. The fourth-order valence-electron chi connectivity index (χ4n) is 3.39. The molecule has 0 aliphatic heterocycles. The predicted molar refractivity (Wildman–Crippen MR) is 147 cm³/mol. The maximum absolute atomic E-state index is 13.1. The first-order valence-electron chi connectivity index (χ1n) is 11.5. The summed E-state index contributed by atoms with van der Waals surface area (Å²) in [5.74, 6) is 0.121. The summed E-state index contributed by atoms with van der Waals surface area (Å²) in [7, 11) is 1.60. The molecule has 0 spiro atoms. The zero-order valence-corrected chi connectivity index (χ0v) is 23.2. The van der Waals surface area contributed by atoms with Crippen molar-refractivity contribution < 1.29 is 14.3 Å². The number of nitrogens with one attached hydrogen (secondary N) is 2. The number of carbonyl (C=O) groups is 2. The van der Waals surface area contributed by atoms with Crippen molar-refractivity contribution in [1.82, 2.24) is 14.7 Å². The molecule has 2 N–H and O–H groups in total. The summed E-state index contributed by atoms with van der Waals surface area (Å²) in [6, 6.07) is 16.0. The zero-order chi connectivity index (χ0) is 26.3. The molecule has 0 unspecified atom stereocenters. The Labute approximate surface area is 225 Å². The highest BCUT2D eigenvalue weighted by molar-refractivity contribution is 9.10. The van der Waals surface area contributed by atoms with Gasteiger partial charge >= 0.3 is 6.03 Å². The van der Waals surface area contributed by atoms with Crippen molar-refractivity contribution in [3.05, 3.63) is 69.8 Å². The van der Waals surface area contributed by atoms with Gasteiger partial charge in [0.05, 0.1) is 16.4 Å². The Balaban J connectivity index is 1.81. The molecule has 1 aromatic heterocycles. The van der Waals surface area contributed by atoms with E-state index in [9.17, 15) is 9.59 Å². The minimum atomic E-state index is -0.376. The van der Waals surface area contributed by atoms with Crippen molar-refractivity contribution in [3.8, 4) is 5.69 Å². The number of benzene rings is 2. The second-order valence-corrected chi connectivity index (χ2v) is 10.6. The lowest BCUT2D eigenvalue weighted by molar-refractivity contribution is -0.116. The van der Waals surface area contributed by atoms with E-state index in [1.807, 2.05) is 57.2 Å². The largest absolute Gasteiger partial charge is 0.385 e. The van der Waals surface area contributed by atoms with Crippen LogP contribution in [0.4, 0.5) is 16.3 Å². The van der Waals surface area contributed by atoms with E-state index in [4.69, 9.17) is 21.4 Å². The van der Waals surface area contributed by atoms with Crippen LogP contribution < -0.4 is 10.6 Å². The molecule has 36 heavy (non-hydrogen) atoms. The van der Waals surface area contributed by atoms with Gasteiger partial charge in [-0.25, -0.2) is 9.48 Å². The molecule has 10 heteroatoms. The van der Waals surface area contributed by atoms with Crippen LogP contribution in [0.25, 0.3) is 5.69 Å². The van der Waals surface area contributed by atoms with Crippen LogP contribution in [0.2, 0.25) is 5.02 Å². The molecule has 0 saturated heterocycles. The molecular formula is C26H31BrClN5O3. The van der Waals surface area contributed by atoms with Crippen molar-refractivity contribution >= 4 is 51.0 Å². The van der Waals surface area contributed by atoms with E-state index in [2.05, 4.69) is 26.6 Å². The maximum Gasteiger partial charge on any atom is 0.322 e. The third-order valence-corrected chi connectivity index (χ3v) is 6.17. The topological polar surface area (TPSA) is 88.5 Å². The Morgan fingerprint density at radius 1 is 1.11 bits per heavy atom. The van der Waals surface area contributed by atoms with Crippen LogP contribution in [0.1, 0.15) is 32.9 Å². The van der Waals surface area contributed by atoms with Crippen LogP contribution in [-0.4, -0.2) is 53.4 Å². The van der Waals surface area contributed by atoms with Crippen molar-refractivity contribution in [2.45, 2.75) is 32.6 Å². The van der Waals surface area contributed by atoms with E-state index in [1.54, 1.807) is 30.0 Å². The summed E-state index contributed by atoms with van der Waals surface area (Å²) < 4.78 is 7.65. The first-order valence-corrected chi connectivity index (χ1v) is 12.7. The summed E-state index contributed by atoms with van der Waals surface area (Å²) in [5, 5.41) is 11.0. The van der Waals surface area contributed by atoms with Gasteiger partial charge in [-0.1, -0.05) is 60.4 Å². The van der Waals surface area contributed by atoms with E-state index in [1.165, 1.54) is 4.90 Å². The summed E-state index contributed by atoms with van der Waals surface area (Å²) in [6.45, 7) is 6.80. The molecule has 0 aliphatic carbocycles. The lowest BCUT2D eigenvalue weighted by atomic mass is 9.92. The summed E-state index contributed by atoms with van der Waals surface area (Å²) in [4.78, 5) is 27.6. The predicted octanol–water partition coefficient (Wildman–Crippen LogP) is 6.09. The Kier molecular flexibility index (Phi) is 9.53. The number of halogens is 2. The van der Waals surface area contributed by atoms with E-state index < -0.39 is 0 Å². The first kappa shape index (κ1) is 27.7.